The highest BCUT2D eigenvalue weighted by molar-refractivity contribution is 7.89. The fraction of sp³-hybridized carbons (Fsp3) is 0.533. The Hall–Kier alpha value is -0.860. The number of hydrogen-bond acceptors (Lipinski definition) is 4. The van der Waals surface area contributed by atoms with Gasteiger partial charge in [-0.3, -0.25) is 4.79 Å². The van der Waals surface area contributed by atoms with E-state index in [-0.39, 0.29) is 40.7 Å². The highest BCUT2D eigenvalue weighted by Gasteiger charge is 2.34. The van der Waals surface area contributed by atoms with E-state index in [0.29, 0.717) is 32.5 Å². The van der Waals surface area contributed by atoms with E-state index in [1.165, 1.54) is 4.31 Å². The van der Waals surface area contributed by atoms with Gasteiger partial charge in [-0.15, -0.1) is 12.4 Å². The van der Waals surface area contributed by atoms with Crippen LogP contribution in [0.4, 0.5) is 0 Å². The summed E-state index contributed by atoms with van der Waals surface area (Å²) < 4.78 is 27.0. The number of nitrogens with one attached hydrogen (secondary N) is 1. The van der Waals surface area contributed by atoms with Crippen molar-refractivity contribution in [3.05, 3.63) is 28.8 Å². The smallest absolute Gasteiger partial charge is 0.244 e. The number of aryl methyl sites for hydroxylation is 1. The van der Waals surface area contributed by atoms with E-state index < -0.39 is 10.0 Å². The van der Waals surface area contributed by atoms with Gasteiger partial charge >= 0.3 is 0 Å². The normalized spacial score (nSPS) is 18.7. The first-order valence-electron chi connectivity index (χ1n) is 7.60. The summed E-state index contributed by atoms with van der Waals surface area (Å²) in [5, 5.41) is 2.92. The molecule has 3 N–H and O–H groups in total. The number of hydrogen-bond donors (Lipinski definition) is 2. The van der Waals surface area contributed by atoms with Gasteiger partial charge in [-0.05, 0) is 37.5 Å². The Morgan fingerprint density at radius 2 is 2.17 bits per heavy atom. The number of nitrogens with zero attached hydrogens (tertiary/aromatic N) is 1. The molecule has 1 heterocycles. The van der Waals surface area contributed by atoms with Crippen molar-refractivity contribution in [1.82, 2.24) is 9.62 Å². The van der Waals surface area contributed by atoms with Gasteiger partial charge in [0.25, 0.3) is 0 Å². The summed E-state index contributed by atoms with van der Waals surface area (Å²) in [7, 11) is -3.71. The first-order valence-corrected chi connectivity index (χ1v) is 9.42. The maximum Gasteiger partial charge on any atom is 0.244 e. The second-order valence-corrected chi connectivity index (χ2v) is 8.03. The second-order valence-electron chi connectivity index (χ2n) is 5.72. The third-order valence-electron chi connectivity index (χ3n) is 3.90. The number of rotatable bonds is 5. The quantitative estimate of drug-likeness (QED) is 0.790. The van der Waals surface area contributed by atoms with Crippen LogP contribution in [0.2, 0.25) is 5.02 Å². The lowest BCUT2D eigenvalue weighted by Gasteiger charge is -2.31. The summed E-state index contributed by atoms with van der Waals surface area (Å²) in [6.07, 6.45) is 1.31. The molecule has 0 aliphatic carbocycles. The largest absolute Gasteiger partial charge is 0.355 e. The number of nitrogens with two attached hydrogens (primary N) is 1. The van der Waals surface area contributed by atoms with Crippen LogP contribution in [0, 0.1) is 12.8 Å². The highest BCUT2D eigenvalue weighted by atomic mass is 35.5. The van der Waals surface area contributed by atoms with Crippen LogP contribution in [0.25, 0.3) is 0 Å². The molecule has 1 aliphatic heterocycles. The average Bonchev–Trinajstić information content (AvgIpc) is 2.54. The van der Waals surface area contributed by atoms with Crippen molar-refractivity contribution in [1.29, 1.82) is 0 Å². The molecular weight excluding hydrogens is 373 g/mol. The van der Waals surface area contributed by atoms with Crippen LogP contribution in [-0.4, -0.2) is 44.8 Å². The van der Waals surface area contributed by atoms with Crippen LogP contribution in [0.15, 0.2) is 23.1 Å². The lowest BCUT2D eigenvalue weighted by Crippen LogP contribution is -2.46. The molecule has 1 saturated heterocycles. The molecule has 6 nitrogen and oxygen atoms in total. The summed E-state index contributed by atoms with van der Waals surface area (Å²) >= 11 is 6.07. The molecule has 1 fully saturated rings. The van der Waals surface area contributed by atoms with Crippen molar-refractivity contribution in [2.45, 2.75) is 24.7 Å². The maximum atomic E-state index is 12.8. The predicted octanol–water partition coefficient (Wildman–Crippen LogP) is 1.55. The summed E-state index contributed by atoms with van der Waals surface area (Å²) in [6, 6.07) is 4.91. The maximum absolute atomic E-state index is 12.8. The van der Waals surface area contributed by atoms with Crippen LogP contribution in [-0.2, 0) is 14.8 Å². The number of halogens is 2. The summed E-state index contributed by atoms with van der Waals surface area (Å²) in [6.45, 7) is 3.13. The topological polar surface area (TPSA) is 92.5 Å². The number of sulfonamides is 1. The van der Waals surface area contributed by atoms with Gasteiger partial charge in [0.1, 0.15) is 4.90 Å². The standard InChI is InChI=1S/C15H22ClN3O3S.ClH/c1-11-4-5-13(16)14(9-11)23(21,22)19-8-2-3-12(10-19)15(20)18-7-6-17;/h4-5,9,12H,2-3,6-8,10,17H2,1H3,(H,18,20);1H. The zero-order valence-corrected chi connectivity index (χ0v) is 15.9. The monoisotopic (exact) mass is 395 g/mol. The third kappa shape index (κ3) is 4.83. The van der Waals surface area contributed by atoms with Gasteiger partial charge in [-0.2, -0.15) is 4.31 Å². The molecule has 9 heteroatoms. The first-order chi connectivity index (χ1) is 10.9. The van der Waals surface area contributed by atoms with Crippen LogP contribution < -0.4 is 11.1 Å². The van der Waals surface area contributed by atoms with E-state index in [0.717, 1.165) is 5.56 Å². The average molecular weight is 396 g/mol. The molecule has 2 rings (SSSR count). The van der Waals surface area contributed by atoms with Crippen molar-refractivity contribution in [3.8, 4) is 0 Å². The zero-order chi connectivity index (χ0) is 17.0. The molecule has 1 atom stereocenters. The van der Waals surface area contributed by atoms with E-state index >= 15 is 0 Å². The SMILES string of the molecule is Cc1ccc(Cl)c(S(=O)(=O)N2CCCC(C(=O)NCCN)C2)c1.Cl. The van der Waals surface area contributed by atoms with Crippen LogP contribution >= 0.6 is 24.0 Å². The lowest BCUT2D eigenvalue weighted by molar-refractivity contribution is -0.126. The zero-order valence-electron chi connectivity index (χ0n) is 13.5. The van der Waals surface area contributed by atoms with Crippen molar-refractivity contribution in [2.75, 3.05) is 26.2 Å². The lowest BCUT2D eigenvalue weighted by atomic mass is 9.99. The number of piperidine rings is 1. The predicted molar refractivity (Wildman–Crippen MR) is 97.0 cm³/mol. The van der Waals surface area contributed by atoms with Gasteiger partial charge in [0.2, 0.25) is 15.9 Å². The molecule has 1 amide bonds. The minimum Gasteiger partial charge on any atom is -0.355 e. The van der Waals surface area contributed by atoms with E-state index in [9.17, 15) is 13.2 Å². The fourth-order valence-electron chi connectivity index (χ4n) is 2.66. The minimum atomic E-state index is -3.71. The Kier molecular flexibility index (Phi) is 7.95. The number of amides is 1. The van der Waals surface area contributed by atoms with Gasteiger partial charge in [0.05, 0.1) is 10.9 Å². The summed E-state index contributed by atoms with van der Waals surface area (Å²) in [5.41, 5.74) is 6.20. The number of carbonyl (C=O) groups excluding carboxylic acids is 1. The van der Waals surface area contributed by atoms with Gasteiger partial charge in [0, 0.05) is 26.2 Å². The van der Waals surface area contributed by atoms with Crippen molar-refractivity contribution >= 4 is 39.9 Å². The Balaban J connectivity index is 0.00000288. The molecule has 136 valence electrons. The number of carbonyl (C=O) groups is 1. The molecule has 0 saturated carbocycles. The highest BCUT2D eigenvalue weighted by Crippen LogP contribution is 2.29. The number of benzene rings is 1. The Bertz CT molecular complexity index is 683. The summed E-state index contributed by atoms with van der Waals surface area (Å²) in [4.78, 5) is 12.2. The van der Waals surface area contributed by atoms with Crippen LogP contribution in [0.3, 0.4) is 0 Å². The van der Waals surface area contributed by atoms with Crippen LogP contribution in [0.5, 0.6) is 0 Å². The molecule has 1 aliphatic rings. The molecule has 24 heavy (non-hydrogen) atoms. The molecule has 1 aromatic rings. The molecule has 0 aromatic heterocycles. The van der Waals surface area contributed by atoms with Gasteiger partial charge in [-0.1, -0.05) is 17.7 Å². The molecule has 1 aromatic carbocycles. The minimum absolute atomic E-state index is 0. The van der Waals surface area contributed by atoms with E-state index in [4.69, 9.17) is 17.3 Å². The van der Waals surface area contributed by atoms with Gasteiger partial charge in [0.15, 0.2) is 0 Å². The molecule has 1 unspecified atom stereocenters. The van der Waals surface area contributed by atoms with Crippen molar-refractivity contribution in [3.63, 3.8) is 0 Å². The van der Waals surface area contributed by atoms with Crippen molar-refractivity contribution in [2.24, 2.45) is 11.7 Å². The Morgan fingerprint density at radius 3 is 2.83 bits per heavy atom. The van der Waals surface area contributed by atoms with Crippen molar-refractivity contribution < 1.29 is 13.2 Å². The van der Waals surface area contributed by atoms with E-state index in [2.05, 4.69) is 5.32 Å². The molecular formula is C15H23Cl2N3O3S. The molecule has 0 spiro atoms. The summed E-state index contributed by atoms with van der Waals surface area (Å²) in [5.74, 6) is -0.501. The molecule has 0 radical (unpaired) electrons. The van der Waals surface area contributed by atoms with Gasteiger partial charge < -0.3 is 11.1 Å². The second kappa shape index (κ2) is 9.01. The Labute approximate surface area is 154 Å². The fourth-order valence-corrected chi connectivity index (χ4v) is 4.74. The van der Waals surface area contributed by atoms with Gasteiger partial charge in [-0.25, -0.2) is 8.42 Å². The van der Waals surface area contributed by atoms with Crippen LogP contribution in [0.1, 0.15) is 18.4 Å². The molecule has 0 bridgehead atoms. The van der Waals surface area contributed by atoms with E-state index in [1.54, 1.807) is 18.2 Å². The first kappa shape index (κ1) is 21.2. The Morgan fingerprint density at radius 1 is 1.46 bits per heavy atom. The van der Waals surface area contributed by atoms with E-state index in [1.807, 2.05) is 6.92 Å². The third-order valence-corrected chi connectivity index (χ3v) is 6.25.